The zero-order valence-electron chi connectivity index (χ0n) is 20.4. The Kier molecular flexibility index (Phi) is 5.66. The Labute approximate surface area is 208 Å². The normalized spacial score (nSPS) is 17.4. The van der Waals surface area contributed by atoms with Gasteiger partial charge in [-0.05, 0) is 50.7 Å². The highest BCUT2D eigenvalue weighted by Crippen LogP contribution is 2.48. The fourth-order valence-corrected chi connectivity index (χ4v) is 4.98. The van der Waals surface area contributed by atoms with Gasteiger partial charge in [0.1, 0.15) is 23.3 Å². The number of H-pyrrole nitrogens is 1. The van der Waals surface area contributed by atoms with E-state index < -0.39 is 0 Å². The Balaban J connectivity index is 1.34. The van der Waals surface area contributed by atoms with E-state index in [0.717, 1.165) is 12.8 Å². The molecule has 0 unspecified atom stereocenters. The summed E-state index contributed by atoms with van der Waals surface area (Å²) >= 11 is 0. The van der Waals surface area contributed by atoms with Crippen LogP contribution in [0.1, 0.15) is 48.7 Å². The molecule has 0 spiro atoms. The summed E-state index contributed by atoms with van der Waals surface area (Å²) in [6.45, 7) is 5.49. The fraction of sp³-hybridized carbons (Fsp3) is 0.462. The molecule has 3 aromatic rings. The first-order chi connectivity index (χ1) is 17.5. The second-order valence-electron chi connectivity index (χ2n) is 9.75. The number of nitrogens with zero attached hydrogens (tertiary/aromatic N) is 3. The summed E-state index contributed by atoms with van der Waals surface area (Å²) in [7, 11) is 0. The molecule has 1 saturated heterocycles. The van der Waals surface area contributed by atoms with Crippen molar-refractivity contribution in [1.82, 2.24) is 25.2 Å². The quantitative estimate of drug-likeness (QED) is 0.544. The van der Waals surface area contributed by atoms with E-state index in [1.165, 1.54) is 19.2 Å². The zero-order valence-corrected chi connectivity index (χ0v) is 20.4. The average Bonchev–Trinajstić information content (AvgIpc) is 3.46. The van der Waals surface area contributed by atoms with Crippen LogP contribution >= 0.6 is 0 Å². The number of aromatic amines is 1. The number of fused-ring (bicyclic) bond motifs is 2. The second kappa shape index (κ2) is 9.00. The van der Waals surface area contributed by atoms with Gasteiger partial charge in [0.05, 0.1) is 23.3 Å². The SMILES string of the molecule is CC(=O)N1CCC(NC(=O)c2c(C)[nH]c3c(-c4c(OCC5CC5)ccc5c4OCO5)ncnc23)CC1. The number of carbonyl (C=O) groups excluding carboxylic acids is 2. The second-order valence-corrected chi connectivity index (χ2v) is 9.75. The van der Waals surface area contributed by atoms with E-state index in [9.17, 15) is 9.59 Å². The molecule has 0 atom stereocenters. The van der Waals surface area contributed by atoms with Gasteiger partial charge in [0.15, 0.2) is 11.5 Å². The van der Waals surface area contributed by atoms with Gasteiger partial charge < -0.3 is 29.4 Å². The van der Waals surface area contributed by atoms with E-state index >= 15 is 0 Å². The third kappa shape index (κ3) is 4.10. The van der Waals surface area contributed by atoms with Gasteiger partial charge in [-0.2, -0.15) is 0 Å². The maximum Gasteiger partial charge on any atom is 0.255 e. The van der Waals surface area contributed by atoms with Crippen molar-refractivity contribution in [2.24, 2.45) is 5.92 Å². The highest BCUT2D eigenvalue weighted by Gasteiger charge is 2.30. The molecule has 2 amide bonds. The molecule has 188 valence electrons. The van der Waals surface area contributed by atoms with Crippen molar-refractivity contribution >= 4 is 22.8 Å². The molecular weight excluding hydrogens is 462 g/mol. The van der Waals surface area contributed by atoms with Crippen molar-refractivity contribution in [3.63, 3.8) is 0 Å². The molecule has 1 saturated carbocycles. The Morgan fingerprint density at radius 3 is 2.72 bits per heavy atom. The van der Waals surface area contributed by atoms with Gasteiger partial charge in [0.2, 0.25) is 12.7 Å². The Hall–Kier alpha value is -3.82. The van der Waals surface area contributed by atoms with Crippen molar-refractivity contribution < 1.29 is 23.8 Å². The molecule has 10 heteroatoms. The van der Waals surface area contributed by atoms with E-state index in [4.69, 9.17) is 14.2 Å². The molecule has 2 aromatic heterocycles. The number of rotatable bonds is 6. The van der Waals surface area contributed by atoms with Crippen molar-refractivity contribution in [3.8, 4) is 28.5 Å². The van der Waals surface area contributed by atoms with Crippen molar-refractivity contribution in [3.05, 3.63) is 29.7 Å². The first kappa shape index (κ1) is 22.6. The summed E-state index contributed by atoms with van der Waals surface area (Å²) in [4.78, 5) is 39.2. The van der Waals surface area contributed by atoms with E-state index in [2.05, 4.69) is 20.3 Å². The van der Waals surface area contributed by atoms with Gasteiger partial charge in [0.25, 0.3) is 5.91 Å². The average molecular weight is 492 g/mol. The van der Waals surface area contributed by atoms with Crippen LogP contribution in [0.15, 0.2) is 18.5 Å². The van der Waals surface area contributed by atoms with Gasteiger partial charge >= 0.3 is 0 Å². The number of benzene rings is 1. The van der Waals surface area contributed by atoms with Crippen LogP contribution in [0.25, 0.3) is 22.3 Å². The molecule has 10 nitrogen and oxygen atoms in total. The molecule has 6 rings (SSSR count). The number of hydrogen-bond acceptors (Lipinski definition) is 7. The predicted octanol–water partition coefficient (Wildman–Crippen LogP) is 3.19. The highest BCUT2D eigenvalue weighted by atomic mass is 16.7. The lowest BCUT2D eigenvalue weighted by molar-refractivity contribution is -0.129. The monoisotopic (exact) mass is 491 g/mol. The fourth-order valence-electron chi connectivity index (χ4n) is 4.98. The van der Waals surface area contributed by atoms with E-state index in [-0.39, 0.29) is 24.6 Å². The molecule has 1 aliphatic carbocycles. The van der Waals surface area contributed by atoms with Crippen LogP contribution < -0.4 is 19.5 Å². The number of nitrogens with one attached hydrogen (secondary N) is 2. The van der Waals surface area contributed by atoms with Gasteiger partial charge in [-0.25, -0.2) is 9.97 Å². The molecular formula is C26H29N5O5. The van der Waals surface area contributed by atoms with Gasteiger partial charge in [0, 0.05) is 31.7 Å². The molecule has 36 heavy (non-hydrogen) atoms. The molecule has 2 N–H and O–H groups in total. The number of piperidine rings is 1. The molecule has 2 aliphatic heterocycles. The van der Waals surface area contributed by atoms with Crippen LogP contribution in [-0.2, 0) is 4.79 Å². The summed E-state index contributed by atoms with van der Waals surface area (Å²) in [5, 5.41) is 3.14. The third-order valence-electron chi connectivity index (χ3n) is 7.18. The molecule has 0 bridgehead atoms. The predicted molar refractivity (Wildman–Crippen MR) is 131 cm³/mol. The lowest BCUT2D eigenvalue weighted by atomic mass is 10.0. The number of carbonyl (C=O) groups is 2. The zero-order chi connectivity index (χ0) is 24.8. The van der Waals surface area contributed by atoms with Crippen molar-refractivity contribution in [2.75, 3.05) is 26.5 Å². The topological polar surface area (TPSA) is 119 Å². The largest absolute Gasteiger partial charge is 0.492 e. The highest BCUT2D eigenvalue weighted by molar-refractivity contribution is 6.09. The van der Waals surface area contributed by atoms with Gasteiger partial charge in [-0.15, -0.1) is 0 Å². The minimum atomic E-state index is -0.187. The Morgan fingerprint density at radius 2 is 1.97 bits per heavy atom. The molecule has 3 aliphatic rings. The number of hydrogen-bond donors (Lipinski definition) is 2. The minimum Gasteiger partial charge on any atom is -0.492 e. The van der Waals surface area contributed by atoms with E-state index in [1.54, 1.807) is 6.92 Å². The maximum absolute atomic E-state index is 13.4. The Bertz CT molecular complexity index is 1340. The van der Waals surface area contributed by atoms with Crippen molar-refractivity contribution in [2.45, 2.75) is 45.6 Å². The van der Waals surface area contributed by atoms with Gasteiger partial charge in [-0.1, -0.05) is 0 Å². The van der Waals surface area contributed by atoms with Crippen LogP contribution in [0.2, 0.25) is 0 Å². The summed E-state index contributed by atoms with van der Waals surface area (Å²) in [5.41, 5.74) is 3.68. The molecule has 2 fully saturated rings. The third-order valence-corrected chi connectivity index (χ3v) is 7.18. The number of ether oxygens (including phenoxy) is 3. The number of aromatic nitrogens is 3. The van der Waals surface area contributed by atoms with E-state index in [0.29, 0.717) is 76.4 Å². The van der Waals surface area contributed by atoms with Crippen LogP contribution in [0.4, 0.5) is 0 Å². The lowest BCUT2D eigenvalue weighted by Gasteiger charge is -2.31. The number of likely N-dealkylation sites (tertiary alicyclic amines) is 1. The molecule has 1 aromatic carbocycles. The number of aryl methyl sites for hydroxylation is 1. The molecule has 4 heterocycles. The smallest absolute Gasteiger partial charge is 0.255 e. The van der Waals surface area contributed by atoms with Crippen LogP contribution in [-0.4, -0.2) is 64.2 Å². The minimum absolute atomic E-state index is 0.00382. The first-order valence-corrected chi connectivity index (χ1v) is 12.4. The summed E-state index contributed by atoms with van der Waals surface area (Å²) < 4.78 is 17.6. The van der Waals surface area contributed by atoms with Crippen LogP contribution in [0, 0.1) is 12.8 Å². The van der Waals surface area contributed by atoms with E-state index in [1.807, 2.05) is 24.0 Å². The maximum atomic E-state index is 13.4. The summed E-state index contributed by atoms with van der Waals surface area (Å²) in [5.74, 6) is 2.35. The van der Waals surface area contributed by atoms with Crippen LogP contribution in [0.5, 0.6) is 17.2 Å². The Morgan fingerprint density at radius 1 is 1.17 bits per heavy atom. The van der Waals surface area contributed by atoms with Crippen molar-refractivity contribution in [1.29, 1.82) is 0 Å². The van der Waals surface area contributed by atoms with Crippen LogP contribution in [0.3, 0.4) is 0 Å². The number of amides is 2. The summed E-state index contributed by atoms with van der Waals surface area (Å²) in [6, 6.07) is 3.74. The summed E-state index contributed by atoms with van der Waals surface area (Å²) in [6.07, 6.45) is 5.27. The lowest BCUT2D eigenvalue weighted by Crippen LogP contribution is -2.46. The van der Waals surface area contributed by atoms with Gasteiger partial charge in [-0.3, -0.25) is 9.59 Å². The molecule has 0 radical (unpaired) electrons. The standard InChI is InChI=1S/C26H29N5O5/c1-14-20(26(33)30-17-7-9-31(10-8-17)15(2)32)22-24(29-14)23(28-12-27-22)21-18(34-11-16-3-4-16)5-6-19-25(21)36-13-35-19/h5-6,12,16-17,29H,3-4,7-11,13H2,1-2H3,(H,30,33). The first-order valence-electron chi connectivity index (χ1n) is 12.4.